The second-order valence-corrected chi connectivity index (χ2v) is 11.0. The fourth-order valence-corrected chi connectivity index (χ4v) is 5.29. The number of hydrogen-bond acceptors (Lipinski definition) is 4. The Morgan fingerprint density at radius 3 is 2.18 bits per heavy atom. The van der Waals surface area contributed by atoms with Crippen LogP contribution >= 0.6 is 23.2 Å². The molecule has 3 amide bonds. The van der Waals surface area contributed by atoms with Crippen molar-refractivity contribution in [2.75, 3.05) is 10.6 Å². The molecule has 0 aliphatic carbocycles. The lowest BCUT2D eigenvalue weighted by Crippen LogP contribution is -2.31. The van der Waals surface area contributed by atoms with Gasteiger partial charge in [-0.3, -0.25) is 14.9 Å². The number of imidazole rings is 1. The number of carboxylic acid groups (broad SMARTS) is 1. The summed E-state index contributed by atoms with van der Waals surface area (Å²) in [6.45, 7) is 0. The normalized spacial score (nSPS) is 11.4. The number of nitrogens with one attached hydrogen (secondary N) is 4. The second-order valence-electron chi connectivity index (χ2n) is 10.2. The molecule has 0 bridgehead atoms. The van der Waals surface area contributed by atoms with E-state index < -0.39 is 12.1 Å². The largest absolute Gasteiger partial charge is 0.465 e. The van der Waals surface area contributed by atoms with E-state index in [1.54, 1.807) is 54.6 Å². The number of aromatic nitrogens is 2. The molecule has 5 N–H and O–H groups in total. The fourth-order valence-electron chi connectivity index (χ4n) is 4.85. The van der Waals surface area contributed by atoms with Crippen LogP contribution in [0.1, 0.15) is 39.8 Å². The minimum atomic E-state index is -1.16. The lowest BCUT2D eigenvalue weighted by atomic mass is 10.0. The molecule has 0 fully saturated rings. The Labute approximate surface area is 269 Å². The zero-order valence-corrected chi connectivity index (χ0v) is 25.4. The number of aryl methyl sites for hydroxylation is 1. The molecule has 1 atom stereocenters. The Kier molecular flexibility index (Phi) is 10.1. The second kappa shape index (κ2) is 14.6. The van der Waals surface area contributed by atoms with Crippen LogP contribution in [0.25, 0.3) is 11.3 Å². The van der Waals surface area contributed by atoms with Gasteiger partial charge in [0, 0.05) is 33.9 Å². The van der Waals surface area contributed by atoms with E-state index in [2.05, 4.69) is 20.9 Å². The molecule has 0 saturated heterocycles. The molecular weight excluding hydrogens is 613 g/mol. The van der Waals surface area contributed by atoms with Gasteiger partial charge in [0.05, 0.1) is 6.04 Å². The van der Waals surface area contributed by atoms with Gasteiger partial charge in [-0.25, -0.2) is 9.78 Å². The van der Waals surface area contributed by atoms with Crippen molar-refractivity contribution in [3.05, 3.63) is 136 Å². The molecule has 0 saturated carbocycles. The number of H-pyrrole nitrogens is 1. The number of amides is 3. The molecule has 11 heteroatoms. The number of hydrogen-bond donors (Lipinski definition) is 5. The maximum Gasteiger partial charge on any atom is 0.409 e. The number of aromatic amines is 1. The number of carbonyl (C=O) groups is 3. The number of halogens is 2. The summed E-state index contributed by atoms with van der Waals surface area (Å²) in [5.41, 5.74) is 4.27. The van der Waals surface area contributed by atoms with Crippen molar-refractivity contribution in [3.63, 3.8) is 0 Å². The average molecular weight is 643 g/mol. The fraction of sp³-hybridized carbons (Fsp3) is 0.118. The molecule has 0 unspecified atom stereocenters. The van der Waals surface area contributed by atoms with E-state index in [9.17, 15) is 14.4 Å². The van der Waals surface area contributed by atoms with Crippen molar-refractivity contribution in [2.45, 2.75) is 25.3 Å². The van der Waals surface area contributed by atoms with Crippen molar-refractivity contribution < 1.29 is 19.5 Å². The third kappa shape index (κ3) is 8.50. The summed E-state index contributed by atoms with van der Waals surface area (Å²) < 4.78 is 0. The van der Waals surface area contributed by atoms with Crippen molar-refractivity contribution in [1.29, 1.82) is 0 Å². The molecule has 0 radical (unpaired) electrons. The van der Waals surface area contributed by atoms with Gasteiger partial charge in [0.2, 0.25) is 5.91 Å². The van der Waals surface area contributed by atoms with Gasteiger partial charge in [-0.2, -0.15) is 0 Å². The molecule has 1 heterocycles. The Balaban J connectivity index is 1.33. The highest BCUT2D eigenvalue weighted by Gasteiger charge is 2.22. The van der Waals surface area contributed by atoms with Crippen LogP contribution in [0.5, 0.6) is 0 Å². The molecule has 1 aromatic heterocycles. The van der Waals surface area contributed by atoms with Crippen molar-refractivity contribution in [1.82, 2.24) is 15.3 Å². The Morgan fingerprint density at radius 1 is 0.822 bits per heavy atom. The molecule has 0 aliphatic heterocycles. The van der Waals surface area contributed by atoms with Crippen LogP contribution in [0.2, 0.25) is 10.2 Å². The monoisotopic (exact) mass is 641 g/mol. The number of rotatable bonds is 11. The van der Waals surface area contributed by atoms with Gasteiger partial charge in [0.15, 0.2) is 0 Å². The topological polar surface area (TPSA) is 136 Å². The number of benzene rings is 4. The number of carbonyl (C=O) groups excluding carboxylic acids is 2. The van der Waals surface area contributed by atoms with Crippen LogP contribution in [-0.4, -0.2) is 33.0 Å². The van der Waals surface area contributed by atoms with E-state index in [1.165, 1.54) is 0 Å². The predicted molar refractivity (Wildman–Crippen MR) is 176 cm³/mol. The molecular formula is C34H29Cl2N5O4. The average Bonchev–Trinajstić information content (AvgIpc) is 3.42. The molecule has 5 rings (SSSR count). The quantitative estimate of drug-likeness (QED) is 0.100. The Hall–Kier alpha value is -5.12. The van der Waals surface area contributed by atoms with Crippen LogP contribution < -0.4 is 16.0 Å². The van der Waals surface area contributed by atoms with Crippen LogP contribution in [0.3, 0.4) is 0 Å². The third-order valence-corrected chi connectivity index (χ3v) is 7.51. The van der Waals surface area contributed by atoms with Gasteiger partial charge in [-0.05, 0) is 66.4 Å². The predicted octanol–water partition coefficient (Wildman–Crippen LogP) is 7.76. The van der Waals surface area contributed by atoms with E-state index in [0.29, 0.717) is 51.0 Å². The molecule has 228 valence electrons. The summed E-state index contributed by atoms with van der Waals surface area (Å²) in [4.78, 5) is 45.2. The summed E-state index contributed by atoms with van der Waals surface area (Å²) in [7, 11) is 0. The number of nitrogens with zero attached hydrogens (tertiary/aromatic N) is 1. The van der Waals surface area contributed by atoms with Crippen LogP contribution in [0.4, 0.5) is 16.2 Å². The number of anilines is 2. The zero-order valence-electron chi connectivity index (χ0n) is 23.9. The third-order valence-electron chi connectivity index (χ3n) is 7.00. The van der Waals surface area contributed by atoms with Gasteiger partial charge in [-0.15, -0.1) is 0 Å². The molecule has 5 aromatic rings. The number of para-hydroxylation sites is 1. The molecule has 4 aromatic carbocycles. The summed E-state index contributed by atoms with van der Waals surface area (Å²) in [5, 5.41) is 18.0. The molecule has 9 nitrogen and oxygen atoms in total. The smallest absolute Gasteiger partial charge is 0.409 e. The van der Waals surface area contributed by atoms with Crippen molar-refractivity contribution in [3.8, 4) is 11.3 Å². The van der Waals surface area contributed by atoms with Crippen molar-refractivity contribution in [2.24, 2.45) is 0 Å². The van der Waals surface area contributed by atoms with E-state index in [-0.39, 0.29) is 29.8 Å². The van der Waals surface area contributed by atoms with Crippen LogP contribution in [0, 0.1) is 0 Å². The van der Waals surface area contributed by atoms with E-state index in [4.69, 9.17) is 33.3 Å². The van der Waals surface area contributed by atoms with Crippen LogP contribution in [-0.2, 0) is 17.6 Å². The Morgan fingerprint density at radius 2 is 1.49 bits per heavy atom. The molecule has 0 spiro atoms. The first kappa shape index (κ1) is 31.3. The van der Waals surface area contributed by atoms with Gasteiger partial charge in [-0.1, -0.05) is 83.9 Å². The minimum absolute atomic E-state index is 0.0938. The first-order valence-electron chi connectivity index (χ1n) is 14.1. The van der Waals surface area contributed by atoms with E-state index in [1.807, 2.05) is 48.5 Å². The lowest BCUT2D eigenvalue weighted by Gasteiger charge is -2.17. The van der Waals surface area contributed by atoms with Crippen LogP contribution in [0.15, 0.2) is 103 Å². The SMILES string of the molecule is O=C(O)Nc1ccc(-c2nc([C@H](Cc3ccccc3)NC(=O)CCc3cc(Cl)ccc3C(=O)Nc3ccccc3)[nH]c2Cl)cc1. The summed E-state index contributed by atoms with van der Waals surface area (Å²) in [5.74, 6) is -0.0751. The first-order chi connectivity index (χ1) is 21.7. The zero-order chi connectivity index (χ0) is 31.8. The Bertz CT molecular complexity index is 1800. The lowest BCUT2D eigenvalue weighted by molar-refractivity contribution is -0.121. The summed E-state index contributed by atoms with van der Waals surface area (Å²) in [6, 6.07) is 29.9. The van der Waals surface area contributed by atoms with E-state index in [0.717, 1.165) is 5.56 Å². The minimum Gasteiger partial charge on any atom is -0.465 e. The maximum absolute atomic E-state index is 13.4. The van der Waals surface area contributed by atoms with Gasteiger partial charge < -0.3 is 20.7 Å². The highest BCUT2D eigenvalue weighted by atomic mass is 35.5. The maximum atomic E-state index is 13.4. The molecule has 45 heavy (non-hydrogen) atoms. The summed E-state index contributed by atoms with van der Waals surface area (Å²) in [6.07, 6.45) is -0.344. The summed E-state index contributed by atoms with van der Waals surface area (Å²) >= 11 is 12.8. The highest BCUT2D eigenvalue weighted by Crippen LogP contribution is 2.30. The highest BCUT2D eigenvalue weighted by molar-refractivity contribution is 6.32. The van der Waals surface area contributed by atoms with Crippen molar-refractivity contribution >= 4 is 52.5 Å². The first-order valence-corrected chi connectivity index (χ1v) is 14.8. The van der Waals surface area contributed by atoms with Gasteiger partial charge in [0.1, 0.15) is 16.7 Å². The van der Waals surface area contributed by atoms with E-state index >= 15 is 0 Å². The standard InChI is InChI=1S/C34H29Cl2N5O4/c35-24-14-17-27(33(43)37-25-9-5-2-6-10-25)23(20-24)13-18-29(42)39-28(19-21-7-3-1-4-8-21)32-40-30(31(36)41-32)22-11-15-26(16-12-22)38-34(44)45/h1-12,14-17,20,28,38H,13,18-19H2,(H,37,43)(H,39,42)(H,40,41)(H,44,45)/t28-/m0/s1. The molecule has 0 aliphatic rings. The van der Waals surface area contributed by atoms with Gasteiger partial charge in [0.25, 0.3) is 5.91 Å². The van der Waals surface area contributed by atoms with Gasteiger partial charge >= 0.3 is 6.09 Å².